The molecule has 2 rings (SSSR count). The zero-order valence-corrected chi connectivity index (χ0v) is 16.1. The van der Waals surface area contributed by atoms with E-state index in [1.807, 2.05) is 19.1 Å². The third-order valence-corrected chi connectivity index (χ3v) is 5.08. The van der Waals surface area contributed by atoms with Crippen LogP contribution in [-0.2, 0) is 25.0 Å². The molecular formula is C20H28O6. The van der Waals surface area contributed by atoms with E-state index in [0.717, 1.165) is 24.8 Å². The average molecular weight is 364 g/mol. The fourth-order valence-corrected chi connectivity index (χ4v) is 3.07. The van der Waals surface area contributed by atoms with Crippen LogP contribution >= 0.6 is 0 Å². The molecule has 0 amide bonds. The molecule has 26 heavy (non-hydrogen) atoms. The van der Waals surface area contributed by atoms with Crippen molar-refractivity contribution in [3.63, 3.8) is 0 Å². The molecule has 1 aliphatic rings. The summed E-state index contributed by atoms with van der Waals surface area (Å²) >= 11 is 0. The maximum Gasteiger partial charge on any atom is 0.543 e. The second-order valence-electron chi connectivity index (χ2n) is 8.02. The Hall–Kier alpha value is -2.08. The summed E-state index contributed by atoms with van der Waals surface area (Å²) in [5.74, 6) is -0.0190. The molecule has 0 spiro atoms. The van der Waals surface area contributed by atoms with Gasteiger partial charge in [-0.15, -0.1) is 0 Å². The van der Waals surface area contributed by atoms with Gasteiger partial charge in [0.1, 0.15) is 6.10 Å². The van der Waals surface area contributed by atoms with Crippen LogP contribution in [0.25, 0.3) is 0 Å². The molecule has 1 aromatic carbocycles. The van der Waals surface area contributed by atoms with E-state index < -0.39 is 12.1 Å². The minimum absolute atomic E-state index is 0.0143. The van der Waals surface area contributed by atoms with Gasteiger partial charge in [-0.2, -0.15) is 0 Å². The highest BCUT2D eigenvalue weighted by atomic mass is 17.5. The van der Waals surface area contributed by atoms with Crippen LogP contribution in [-0.4, -0.2) is 18.2 Å². The highest BCUT2D eigenvalue weighted by Gasteiger charge is 2.30. The zero-order valence-electron chi connectivity index (χ0n) is 16.1. The molecule has 0 bridgehead atoms. The van der Waals surface area contributed by atoms with Gasteiger partial charge >= 0.3 is 12.1 Å². The lowest BCUT2D eigenvalue weighted by molar-refractivity contribution is -0.453. The maximum absolute atomic E-state index is 11.9. The van der Waals surface area contributed by atoms with Gasteiger partial charge in [-0.3, -0.25) is 4.89 Å². The Morgan fingerprint density at radius 1 is 1.00 bits per heavy atom. The van der Waals surface area contributed by atoms with Crippen LogP contribution in [0.3, 0.4) is 0 Å². The van der Waals surface area contributed by atoms with E-state index >= 15 is 0 Å². The fourth-order valence-electron chi connectivity index (χ4n) is 3.07. The fraction of sp³-hybridized carbons (Fsp3) is 0.600. The predicted octanol–water partition coefficient (Wildman–Crippen LogP) is 4.97. The zero-order chi connectivity index (χ0) is 19.3. The molecule has 144 valence electrons. The third-order valence-electron chi connectivity index (χ3n) is 5.08. The van der Waals surface area contributed by atoms with Crippen molar-refractivity contribution < 1.29 is 29.1 Å². The molecule has 3 atom stereocenters. The van der Waals surface area contributed by atoms with Gasteiger partial charge in [0, 0.05) is 0 Å². The van der Waals surface area contributed by atoms with Crippen LogP contribution in [0.15, 0.2) is 24.3 Å². The van der Waals surface area contributed by atoms with Gasteiger partial charge in [-0.05, 0) is 47.8 Å². The second-order valence-corrected chi connectivity index (χ2v) is 8.02. The molecule has 3 unspecified atom stereocenters. The Morgan fingerprint density at radius 2 is 1.65 bits per heavy atom. The lowest BCUT2D eigenvalue weighted by Gasteiger charge is -2.32. The first-order valence-corrected chi connectivity index (χ1v) is 9.05. The maximum atomic E-state index is 11.9. The normalized spacial score (nSPS) is 23.2. The predicted molar refractivity (Wildman–Crippen MR) is 95.2 cm³/mol. The van der Waals surface area contributed by atoms with Gasteiger partial charge in [-0.25, -0.2) is 14.5 Å². The molecule has 0 aromatic heterocycles. The molecule has 1 fully saturated rings. The quantitative estimate of drug-likeness (QED) is 0.427. The molecule has 1 saturated carbocycles. The lowest BCUT2D eigenvalue weighted by atomic mass is 9.79. The first kappa shape index (κ1) is 20.2. The van der Waals surface area contributed by atoms with Crippen molar-refractivity contribution in [1.29, 1.82) is 0 Å². The van der Waals surface area contributed by atoms with E-state index in [1.54, 1.807) is 12.1 Å². The largest absolute Gasteiger partial charge is 0.543 e. The van der Waals surface area contributed by atoms with Crippen molar-refractivity contribution in [2.24, 2.45) is 11.8 Å². The number of carbonyl (C=O) groups excluding carboxylic acids is 2. The topological polar surface area (TPSA) is 71.1 Å². The summed E-state index contributed by atoms with van der Waals surface area (Å²) in [7, 11) is 0. The summed E-state index contributed by atoms with van der Waals surface area (Å²) in [6, 6.07) is 6.96. The summed E-state index contributed by atoms with van der Waals surface area (Å²) in [6.07, 6.45) is 1.70. The molecule has 0 N–H and O–H groups in total. The molecule has 1 aliphatic carbocycles. The first-order valence-electron chi connectivity index (χ1n) is 9.05. The average Bonchev–Trinajstić information content (AvgIpc) is 2.58. The van der Waals surface area contributed by atoms with Crippen molar-refractivity contribution in [2.45, 2.75) is 65.4 Å². The standard InChI is InChI=1S/C20H28O6/c1-13-7-6-8-17(14(13)2)23-19(22)25-26-24-18(21)15-9-11-16(12-10-15)20(3,4)5/h9-14,17H,6-8H2,1-5H3. The molecule has 0 radical (unpaired) electrons. The number of ether oxygens (including phenoxy) is 1. The SMILES string of the molecule is CC1CCCC(OC(=O)OOOC(=O)c2ccc(C(C)(C)C)cc2)C1C. The van der Waals surface area contributed by atoms with Crippen LogP contribution in [0.4, 0.5) is 4.79 Å². The molecule has 0 saturated heterocycles. The van der Waals surface area contributed by atoms with E-state index in [-0.39, 0.29) is 17.4 Å². The molecule has 6 heteroatoms. The molecule has 1 aromatic rings. The number of hydrogen-bond acceptors (Lipinski definition) is 6. The molecule has 6 nitrogen and oxygen atoms in total. The number of carbonyl (C=O) groups is 2. The van der Waals surface area contributed by atoms with E-state index in [0.29, 0.717) is 11.5 Å². The minimum Gasteiger partial charge on any atom is -0.429 e. The summed E-state index contributed by atoms with van der Waals surface area (Å²) in [6.45, 7) is 10.4. The Labute approximate surface area is 154 Å². The van der Waals surface area contributed by atoms with Gasteiger partial charge in [0.25, 0.3) is 0 Å². The Balaban J connectivity index is 1.76. The summed E-state index contributed by atoms with van der Waals surface area (Å²) < 4.78 is 5.24. The smallest absolute Gasteiger partial charge is 0.429 e. The molecule has 0 heterocycles. The molecule has 0 aliphatic heterocycles. The van der Waals surface area contributed by atoms with Gasteiger partial charge in [-0.1, -0.05) is 53.2 Å². The minimum atomic E-state index is -1.01. The highest BCUT2D eigenvalue weighted by Crippen LogP contribution is 2.31. The highest BCUT2D eigenvalue weighted by molar-refractivity contribution is 5.88. The van der Waals surface area contributed by atoms with Crippen LogP contribution in [0.2, 0.25) is 0 Å². The number of hydrogen-bond donors (Lipinski definition) is 0. The number of rotatable bonds is 4. The van der Waals surface area contributed by atoms with Gasteiger partial charge < -0.3 is 4.74 Å². The van der Waals surface area contributed by atoms with Crippen LogP contribution < -0.4 is 0 Å². The summed E-state index contributed by atoms with van der Waals surface area (Å²) in [5, 5.41) is 4.29. The number of benzene rings is 1. The van der Waals surface area contributed by atoms with E-state index in [9.17, 15) is 9.59 Å². The van der Waals surface area contributed by atoms with Crippen molar-refractivity contribution in [1.82, 2.24) is 0 Å². The lowest BCUT2D eigenvalue weighted by Crippen LogP contribution is -2.33. The summed E-state index contributed by atoms with van der Waals surface area (Å²) in [5.41, 5.74) is 1.37. The van der Waals surface area contributed by atoms with Gasteiger partial charge in [0.15, 0.2) is 0 Å². The molecular weight excluding hydrogens is 336 g/mol. The monoisotopic (exact) mass is 364 g/mol. The van der Waals surface area contributed by atoms with Gasteiger partial charge in [0.05, 0.1) is 10.6 Å². The van der Waals surface area contributed by atoms with Crippen LogP contribution in [0, 0.1) is 11.8 Å². The van der Waals surface area contributed by atoms with E-state index in [4.69, 9.17) is 4.74 Å². The van der Waals surface area contributed by atoms with Crippen LogP contribution in [0.5, 0.6) is 0 Å². The van der Waals surface area contributed by atoms with Crippen molar-refractivity contribution in [3.8, 4) is 0 Å². The van der Waals surface area contributed by atoms with E-state index in [1.165, 1.54) is 0 Å². The van der Waals surface area contributed by atoms with Crippen LogP contribution in [0.1, 0.15) is 69.8 Å². The Kier molecular flexibility index (Phi) is 6.64. The third kappa shape index (κ3) is 5.46. The Bertz CT molecular complexity index is 616. The van der Waals surface area contributed by atoms with Crippen molar-refractivity contribution in [3.05, 3.63) is 35.4 Å². The van der Waals surface area contributed by atoms with E-state index in [2.05, 4.69) is 42.5 Å². The first-order chi connectivity index (χ1) is 12.2. The second kappa shape index (κ2) is 8.54. The Morgan fingerprint density at radius 3 is 2.27 bits per heavy atom. The van der Waals surface area contributed by atoms with Crippen molar-refractivity contribution >= 4 is 12.1 Å². The van der Waals surface area contributed by atoms with Crippen molar-refractivity contribution in [2.75, 3.05) is 0 Å². The van der Waals surface area contributed by atoms with Gasteiger partial charge in [0.2, 0.25) is 0 Å². The summed E-state index contributed by atoms with van der Waals surface area (Å²) in [4.78, 5) is 32.5.